The van der Waals surface area contributed by atoms with Crippen molar-refractivity contribution in [3.8, 4) is 10.6 Å². The van der Waals surface area contributed by atoms with Gasteiger partial charge in [0.2, 0.25) is 5.76 Å². The molecule has 0 aromatic carbocycles. The van der Waals surface area contributed by atoms with Crippen LogP contribution in [0.15, 0.2) is 16.7 Å². The van der Waals surface area contributed by atoms with E-state index in [1.807, 2.05) is 26.0 Å². The van der Waals surface area contributed by atoms with E-state index < -0.39 is 11.9 Å². The van der Waals surface area contributed by atoms with Crippen molar-refractivity contribution in [1.29, 1.82) is 0 Å². The molecule has 1 fully saturated rings. The van der Waals surface area contributed by atoms with Crippen LogP contribution in [0.2, 0.25) is 0 Å². The maximum atomic E-state index is 12.8. The lowest BCUT2D eigenvalue weighted by Gasteiger charge is -2.26. The highest BCUT2D eigenvalue weighted by Crippen LogP contribution is 2.38. The molecule has 0 aliphatic carbocycles. The Kier molecular flexibility index (Phi) is 7.05. The van der Waals surface area contributed by atoms with Gasteiger partial charge in [0.1, 0.15) is 5.69 Å². The van der Waals surface area contributed by atoms with Gasteiger partial charge in [0, 0.05) is 18.7 Å². The fourth-order valence-electron chi connectivity index (χ4n) is 2.66. The van der Waals surface area contributed by atoms with E-state index in [-0.39, 0.29) is 17.2 Å². The molecule has 150 valence electrons. The minimum atomic E-state index is -4.57. The second-order valence-corrected chi connectivity index (χ2v) is 7.93. The van der Waals surface area contributed by atoms with Crippen molar-refractivity contribution >= 4 is 17.2 Å². The summed E-state index contributed by atoms with van der Waals surface area (Å²) in [7, 11) is 6.00. The van der Waals surface area contributed by atoms with Gasteiger partial charge >= 0.3 is 6.18 Å². The van der Waals surface area contributed by atoms with Crippen molar-refractivity contribution in [3.05, 3.63) is 28.3 Å². The Bertz CT molecular complexity index is 759. The fourth-order valence-corrected chi connectivity index (χ4v) is 3.68. The van der Waals surface area contributed by atoms with E-state index in [4.69, 9.17) is 0 Å². The lowest BCUT2D eigenvalue weighted by Crippen LogP contribution is -2.35. The summed E-state index contributed by atoms with van der Waals surface area (Å²) in [4.78, 5) is 17.2. The number of hydrogen-bond donors (Lipinski definition) is 0. The quantitative estimate of drug-likeness (QED) is 0.739. The first-order valence-corrected chi connectivity index (χ1v) is 9.46. The third-order valence-electron chi connectivity index (χ3n) is 3.87. The van der Waals surface area contributed by atoms with E-state index in [1.165, 1.54) is 6.92 Å². The highest BCUT2D eigenvalue weighted by atomic mass is 32.1. The molecule has 1 aliphatic heterocycles. The van der Waals surface area contributed by atoms with Gasteiger partial charge in [0.25, 0.3) is 5.91 Å². The second kappa shape index (κ2) is 8.88. The molecule has 0 atom stereocenters. The minimum absolute atomic E-state index is 0.0590. The molecule has 0 radical (unpaired) electrons. The molecule has 1 aliphatic rings. The van der Waals surface area contributed by atoms with Crippen LogP contribution in [-0.4, -0.2) is 55.1 Å². The van der Waals surface area contributed by atoms with Crippen LogP contribution in [-0.2, 0) is 6.18 Å². The molecule has 9 heteroatoms. The largest absolute Gasteiger partial charge is 0.452 e. The maximum absolute atomic E-state index is 12.8. The highest BCUT2D eigenvalue weighted by Gasteiger charge is 2.39. The number of amides is 1. The van der Waals surface area contributed by atoms with E-state index in [0.29, 0.717) is 9.75 Å². The number of hydrogen-bond acceptors (Lipinski definition) is 5. The van der Waals surface area contributed by atoms with Gasteiger partial charge in [-0.15, -0.1) is 11.3 Å². The summed E-state index contributed by atoms with van der Waals surface area (Å²) in [6.45, 7) is 2.78. The van der Waals surface area contributed by atoms with Crippen molar-refractivity contribution < 1.29 is 22.5 Å². The molecule has 1 saturated heterocycles. The molecular formula is C18H24F3N3O2S. The van der Waals surface area contributed by atoms with Gasteiger partial charge in [0.15, 0.2) is 0 Å². The van der Waals surface area contributed by atoms with Gasteiger partial charge in [-0.1, -0.05) is 5.16 Å². The smallest absolute Gasteiger partial charge is 0.351 e. The standard InChI is InChI=1S/C15H15F3N2O2S.C3H9N/c1-9-12(19-22-13(9)15(16,17)18)10-5-6-11(23-10)14(21)20-7-3-2-4-8-20;1-4(2)3/h5-6H,2-4,7-8H2,1H3;1-3H3. The number of carbonyl (C=O) groups excluding carboxylic acids is 1. The third-order valence-corrected chi connectivity index (χ3v) is 4.95. The summed E-state index contributed by atoms with van der Waals surface area (Å²) in [5.74, 6) is -1.16. The Balaban J connectivity index is 0.000000596. The zero-order chi connectivity index (χ0) is 20.2. The van der Waals surface area contributed by atoms with Crippen LogP contribution in [0.5, 0.6) is 0 Å². The fraction of sp³-hybridized carbons (Fsp3) is 0.556. The Morgan fingerprint density at radius 3 is 2.30 bits per heavy atom. The van der Waals surface area contributed by atoms with E-state index in [1.54, 1.807) is 17.0 Å². The highest BCUT2D eigenvalue weighted by molar-refractivity contribution is 7.17. The first-order chi connectivity index (χ1) is 12.6. The predicted molar refractivity (Wildman–Crippen MR) is 98.9 cm³/mol. The molecule has 0 N–H and O–H groups in total. The van der Waals surface area contributed by atoms with Crippen molar-refractivity contribution in [1.82, 2.24) is 15.0 Å². The number of alkyl halides is 3. The number of thiophene rings is 1. The van der Waals surface area contributed by atoms with Gasteiger partial charge in [-0.3, -0.25) is 4.79 Å². The Morgan fingerprint density at radius 1 is 1.19 bits per heavy atom. The van der Waals surface area contributed by atoms with Gasteiger partial charge in [-0.05, 0) is 59.5 Å². The number of carbonyl (C=O) groups is 1. The molecule has 0 unspecified atom stereocenters. The van der Waals surface area contributed by atoms with Crippen molar-refractivity contribution in [2.45, 2.75) is 32.4 Å². The molecule has 2 aromatic heterocycles. The Labute approximate surface area is 160 Å². The topological polar surface area (TPSA) is 49.6 Å². The molecule has 3 rings (SSSR count). The van der Waals surface area contributed by atoms with E-state index in [2.05, 4.69) is 9.68 Å². The lowest BCUT2D eigenvalue weighted by molar-refractivity contribution is -0.156. The number of piperidine rings is 1. The normalized spacial score (nSPS) is 14.9. The maximum Gasteiger partial charge on any atom is 0.452 e. The molecule has 0 saturated carbocycles. The average Bonchev–Trinajstić information content (AvgIpc) is 3.20. The van der Waals surface area contributed by atoms with Gasteiger partial charge in [0.05, 0.1) is 9.75 Å². The molecule has 2 aromatic rings. The number of likely N-dealkylation sites (tertiary alicyclic amines) is 1. The van der Waals surface area contributed by atoms with E-state index >= 15 is 0 Å². The monoisotopic (exact) mass is 403 g/mol. The summed E-state index contributed by atoms with van der Waals surface area (Å²) in [5, 5.41) is 3.53. The summed E-state index contributed by atoms with van der Waals surface area (Å²) in [6.07, 6.45) is -1.47. The van der Waals surface area contributed by atoms with E-state index in [9.17, 15) is 18.0 Å². The Morgan fingerprint density at radius 2 is 1.78 bits per heavy atom. The lowest BCUT2D eigenvalue weighted by atomic mass is 10.1. The van der Waals surface area contributed by atoms with Gasteiger partial charge < -0.3 is 14.3 Å². The van der Waals surface area contributed by atoms with Crippen molar-refractivity contribution in [2.24, 2.45) is 0 Å². The first-order valence-electron chi connectivity index (χ1n) is 8.65. The predicted octanol–water partition coefficient (Wildman–Crippen LogP) is 4.53. The van der Waals surface area contributed by atoms with Crippen LogP contribution in [0.1, 0.15) is 40.3 Å². The molecular weight excluding hydrogens is 379 g/mol. The van der Waals surface area contributed by atoms with Gasteiger partial charge in [-0.25, -0.2) is 0 Å². The van der Waals surface area contributed by atoms with Crippen LogP contribution < -0.4 is 0 Å². The molecule has 1 amide bonds. The van der Waals surface area contributed by atoms with Crippen LogP contribution in [0.3, 0.4) is 0 Å². The average molecular weight is 403 g/mol. The van der Waals surface area contributed by atoms with Crippen LogP contribution in [0, 0.1) is 6.92 Å². The summed E-state index contributed by atoms with van der Waals surface area (Å²) in [6, 6.07) is 3.26. The zero-order valence-corrected chi connectivity index (χ0v) is 16.7. The first kappa shape index (κ1) is 21.4. The molecule has 5 nitrogen and oxygen atoms in total. The van der Waals surface area contributed by atoms with Crippen molar-refractivity contribution in [3.63, 3.8) is 0 Å². The molecule has 0 spiro atoms. The number of aromatic nitrogens is 1. The van der Waals surface area contributed by atoms with Crippen molar-refractivity contribution in [2.75, 3.05) is 34.2 Å². The van der Waals surface area contributed by atoms with E-state index in [0.717, 1.165) is 43.7 Å². The van der Waals surface area contributed by atoms with Crippen LogP contribution >= 0.6 is 11.3 Å². The summed E-state index contributed by atoms with van der Waals surface area (Å²) in [5.41, 5.74) is 0.0799. The Hall–Kier alpha value is -1.87. The molecule has 0 bridgehead atoms. The molecule has 3 heterocycles. The van der Waals surface area contributed by atoms with Crippen LogP contribution in [0.4, 0.5) is 13.2 Å². The summed E-state index contributed by atoms with van der Waals surface area (Å²) >= 11 is 1.14. The SMILES string of the molecule is CN(C)C.Cc1c(-c2ccc(C(=O)N3CCCCC3)s2)noc1C(F)(F)F. The zero-order valence-electron chi connectivity index (χ0n) is 15.9. The molecule has 27 heavy (non-hydrogen) atoms. The number of nitrogens with zero attached hydrogens (tertiary/aromatic N) is 3. The number of halogens is 3. The minimum Gasteiger partial charge on any atom is -0.351 e. The number of rotatable bonds is 2. The summed E-state index contributed by atoms with van der Waals surface area (Å²) < 4.78 is 42.7. The second-order valence-electron chi connectivity index (χ2n) is 6.84. The third kappa shape index (κ3) is 5.55. The van der Waals surface area contributed by atoms with Gasteiger partial charge in [-0.2, -0.15) is 13.2 Å². The van der Waals surface area contributed by atoms with Crippen LogP contribution in [0.25, 0.3) is 10.6 Å².